The second-order valence-corrected chi connectivity index (χ2v) is 4.89. The van der Waals surface area contributed by atoms with Crippen molar-refractivity contribution in [3.63, 3.8) is 0 Å². The molecule has 0 atom stereocenters. The van der Waals surface area contributed by atoms with E-state index in [4.69, 9.17) is 16.2 Å². The van der Waals surface area contributed by atoms with Gasteiger partial charge in [0.25, 0.3) is 0 Å². The molecular formula is C13H10BrN5O2. The van der Waals surface area contributed by atoms with E-state index in [9.17, 15) is 10.1 Å². The fraction of sp³-hybridized carbons (Fsp3) is 0.0769. The minimum absolute atomic E-state index is 0.00945. The van der Waals surface area contributed by atoms with Gasteiger partial charge >= 0.3 is 5.97 Å². The Kier molecular flexibility index (Phi) is 4.05. The summed E-state index contributed by atoms with van der Waals surface area (Å²) in [5.41, 5.74) is 12.1. The summed E-state index contributed by atoms with van der Waals surface area (Å²) in [6.45, 7) is 1.29. The highest BCUT2D eigenvalue weighted by Gasteiger charge is 2.16. The highest BCUT2D eigenvalue weighted by atomic mass is 79.9. The third-order valence-corrected chi connectivity index (χ3v) is 3.21. The number of aromatic nitrogens is 2. The highest BCUT2D eigenvalue weighted by Crippen LogP contribution is 2.34. The molecule has 0 fully saturated rings. The normalized spacial score (nSPS) is 9.95. The molecule has 7 nitrogen and oxygen atoms in total. The van der Waals surface area contributed by atoms with Gasteiger partial charge < -0.3 is 16.2 Å². The molecule has 1 aromatic heterocycles. The maximum Gasteiger partial charge on any atom is 0.308 e. The second kappa shape index (κ2) is 5.76. The Labute approximate surface area is 128 Å². The summed E-state index contributed by atoms with van der Waals surface area (Å²) in [6.07, 6.45) is 0. The van der Waals surface area contributed by atoms with Crippen LogP contribution in [0.5, 0.6) is 5.75 Å². The van der Waals surface area contributed by atoms with Crippen molar-refractivity contribution in [3.05, 3.63) is 28.2 Å². The van der Waals surface area contributed by atoms with Crippen molar-refractivity contribution >= 4 is 33.7 Å². The summed E-state index contributed by atoms with van der Waals surface area (Å²) in [5, 5.41) is 9.21. The van der Waals surface area contributed by atoms with Crippen LogP contribution >= 0.6 is 15.9 Å². The first-order chi connectivity index (χ1) is 9.92. The first-order valence-electron chi connectivity index (χ1n) is 5.73. The van der Waals surface area contributed by atoms with Crippen LogP contribution in [0, 0.1) is 11.3 Å². The van der Waals surface area contributed by atoms with Crippen molar-refractivity contribution in [1.29, 1.82) is 5.26 Å². The number of esters is 1. The van der Waals surface area contributed by atoms with Gasteiger partial charge in [0.15, 0.2) is 0 Å². The largest absolute Gasteiger partial charge is 0.427 e. The lowest BCUT2D eigenvalue weighted by Gasteiger charge is -2.10. The molecule has 106 valence electrons. The molecule has 0 radical (unpaired) electrons. The van der Waals surface area contributed by atoms with E-state index >= 15 is 0 Å². The maximum absolute atomic E-state index is 11.0. The highest BCUT2D eigenvalue weighted by molar-refractivity contribution is 9.10. The van der Waals surface area contributed by atoms with Crippen LogP contribution in [-0.4, -0.2) is 15.9 Å². The number of benzene rings is 1. The maximum atomic E-state index is 11.0. The van der Waals surface area contributed by atoms with E-state index in [1.54, 1.807) is 18.2 Å². The Hall–Kier alpha value is -2.66. The molecular weight excluding hydrogens is 338 g/mol. The molecule has 0 aliphatic carbocycles. The molecule has 0 bridgehead atoms. The molecule has 1 aromatic carbocycles. The van der Waals surface area contributed by atoms with Crippen LogP contribution in [0.25, 0.3) is 11.3 Å². The zero-order valence-corrected chi connectivity index (χ0v) is 12.5. The first kappa shape index (κ1) is 14.7. The monoisotopic (exact) mass is 347 g/mol. The van der Waals surface area contributed by atoms with Crippen LogP contribution in [-0.2, 0) is 4.79 Å². The number of carbonyl (C=O) groups excluding carboxylic acids is 1. The van der Waals surface area contributed by atoms with Crippen LogP contribution in [0.2, 0.25) is 0 Å². The van der Waals surface area contributed by atoms with Gasteiger partial charge in [0.1, 0.15) is 23.2 Å². The standard InChI is InChI=1S/C13H10BrN5O2/c1-6(20)21-7-2-3-10(14)8(4-7)11-9(5-15)12(16)19-13(17)18-11/h2-4H,1H3,(H4,16,17,18,19). The molecule has 0 aliphatic heterocycles. The Morgan fingerprint density at radius 2 is 2.10 bits per heavy atom. The van der Waals surface area contributed by atoms with Crippen molar-refractivity contribution in [2.75, 3.05) is 11.5 Å². The van der Waals surface area contributed by atoms with Gasteiger partial charge in [-0.25, -0.2) is 4.98 Å². The summed E-state index contributed by atoms with van der Waals surface area (Å²) in [7, 11) is 0. The lowest BCUT2D eigenvalue weighted by atomic mass is 10.1. The molecule has 2 rings (SSSR count). The van der Waals surface area contributed by atoms with Crippen LogP contribution in [0.1, 0.15) is 12.5 Å². The van der Waals surface area contributed by atoms with Gasteiger partial charge in [-0.3, -0.25) is 4.79 Å². The number of nitrogens with two attached hydrogens (primary N) is 2. The second-order valence-electron chi connectivity index (χ2n) is 4.04. The molecule has 0 unspecified atom stereocenters. The molecule has 0 aliphatic rings. The van der Waals surface area contributed by atoms with Crippen molar-refractivity contribution in [3.8, 4) is 23.1 Å². The molecule has 8 heteroatoms. The fourth-order valence-electron chi connectivity index (χ4n) is 1.72. The molecule has 21 heavy (non-hydrogen) atoms. The van der Waals surface area contributed by atoms with Gasteiger partial charge in [-0.15, -0.1) is 0 Å². The van der Waals surface area contributed by atoms with Gasteiger partial charge in [0.05, 0.1) is 5.69 Å². The third kappa shape index (κ3) is 3.09. The summed E-state index contributed by atoms with van der Waals surface area (Å²) >= 11 is 3.35. The average molecular weight is 348 g/mol. The predicted octanol–water partition coefficient (Wildman–Crippen LogP) is 1.87. The number of hydrogen-bond acceptors (Lipinski definition) is 7. The van der Waals surface area contributed by atoms with Crippen molar-refractivity contribution in [1.82, 2.24) is 9.97 Å². The van der Waals surface area contributed by atoms with Crippen molar-refractivity contribution in [2.45, 2.75) is 6.92 Å². The summed E-state index contributed by atoms with van der Waals surface area (Å²) < 4.78 is 5.66. The quantitative estimate of drug-likeness (QED) is 0.626. The Bertz CT molecular complexity index is 770. The number of ether oxygens (including phenoxy) is 1. The number of nitrogens with zero attached hydrogens (tertiary/aromatic N) is 3. The summed E-state index contributed by atoms with van der Waals surface area (Å²) in [5.74, 6) is -0.193. The molecule has 0 amide bonds. The molecule has 0 saturated carbocycles. The zero-order chi connectivity index (χ0) is 15.6. The van der Waals surface area contributed by atoms with Gasteiger partial charge in [0, 0.05) is 17.0 Å². The smallest absolute Gasteiger partial charge is 0.308 e. The Morgan fingerprint density at radius 1 is 1.38 bits per heavy atom. The number of hydrogen-bond donors (Lipinski definition) is 2. The topological polar surface area (TPSA) is 128 Å². The third-order valence-electron chi connectivity index (χ3n) is 2.52. The van der Waals surface area contributed by atoms with Gasteiger partial charge in [-0.1, -0.05) is 15.9 Å². The van der Waals surface area contributed by atoms with E-state index < -0.39 is 5.97 Å². The molecule has 1 heterocycles. The number of halogens is 1. The summed E-state index contributed by atoms with van der Waals surface area (Å²) in [6, 6.07) is 6.78. The number of carbonyl (C=O) groups is 1. The van der Waals surface area contributed by atoms with E-state index in [2.05, 4.69) is 25.9 Å². The molecule has 4 N–H and O–H groups in total. The fourth-order valence-corrected chi connectivity index (χ4v) is 2.15. The van der Waals surface area contributed by atoms with E-state index in [1.807, 2.05) is 6.07 Å². The molecule has 0 spiro atoms. The van der Waals surface area contributed by atoms with E-state index in [1.165, 1.54) is 6.92 Å². The summed E-state index contributed by atoms with van der Waals surface area (Å²) in [4.78, 5) is 18.8. The van der Waals surface area contributed by atoms with E-state index in [0.29, 0.717) is 15.8 Å². The van der Waals surface area contributed by atoms with Gasteiger partial charge in [0.2, 0.25) is 5.95 Å². The number of nitrogen functional groups attached to an aromatic ring is 2. The molecule has 2 aromatic rings. The average Bonchev–Trinajstić information content (AvgIpc) is 2.39. The number of rotatable bonds is 2. The van der Waals surface area contributed by atoms with Gasteiger partial charge in [-0.05, 0) is 18.2 Å². The lowest BCUT2D eigenvalue weighted by molar-refractivity contribution is -0.131. The van der Waals surface area contributed by atoms with Crippen LogP contribution < -0.4 is 16.2 Å². The Morgan fingerprint density at radius 3 is 2.71 bits per heavy atom. The number of anilines is 2. The van der Waals surface area contributed by atoms with Crippen LogP contribution in [0.4, 0.5) is 11.8 Å². The van der Waals surface area contributed by atoms with Gasteiger partial charge in [-0.2, -0.15) is 10.2 Å². The lowest BCUT2D eigenvalue weighted by Crippen LogP contribution is -2.06. The van der Waals surface area contributed by atoms with E-state index in [0.717, 1.165) is 0 Å². The first-order valence-corrected chi connectivity index (χ1v) is 6.53. The minimum atomic E-state index is -0.453. The van der Waals surface area contributed by atoms with Crippen LogP contribution in [0.15, 0.2) is 22.7 Å². The van der Waals surface area contributed by atoms with Crippen molar-refractivity contribution < 1.29 is 9.53 Å². The zero-order valence-electron chi connectivity index (χ0n) is 10.9. The number of nitriles is 1. The van der Waals surface area contributed by atoms with Crippen molar-refractivity contribution in [2.24, 2.45) is 0 Å². The predicted molar refractivity (Wildman–Crippen MR) is 80.0 cm³/mol. The minimum Gasteiger partial charge on any atom is -0.427 e. The van der Waals surface area contributed by atoms with E-state index in [-0.39, 0.29) is 23.0 Å². The Balaban J connectivity index is 2.67. The SMILES string of the molecule is CC(=O)Oc1ccc(Br)c(-c2nc(N)nc(N)c2C#N)c1. The molecule has 0 saturated heterocycles. The van der Waals surface area contributed by atoms with Crippen LogP contribution in [0.3, 0.4) is 0 Å².